The first-order valence-corrected chi connectivity index (χ1v) is 12.2. The van der Waals surface area contributed by atoms with Crippen molar-refractivity contribution in [1.29, 1.82) is 0 Å². The van der Waals surface area contributed by atoms with Gasteiger partial charge in [-0.1, -0.05) is 36.4 Å². The fourth-order valence-electron chi connectivity index (χ4n) is 2.90. The van der Waals surface area contributed by atoms with Crippen molar-refractivity contribution in [2.45, 2.75) is 0 Å². The first-order chi connectivity index (χ1) is 12.4. The maximum Gasteiger partial charge on any atom is -0.0623 e. The Labute approximate surface area is 155 Å². The standard InChI is InChI=1S/C6H6.3C6H5.Ga/c4*1-2-4-6-5-3-1;/h1-6H;3*1-5H;. The van der Waals surface area contributed by atoms with Gasteiger partial charge in [0.15, 0.2) is 0 Å². The minimum absolute atomic E-state index is 1.52. The molecule has 0 nitrogen and oxygen atoms in total. The van der Waals surface area contributed by atoms with E-state index in [1.807, 2.05) is 36.4 Å². The molecule has 0 aliphatic heterocycles. The van der Waals surface area contributed by atoms with Gasteiger partial charge >= 0.3 is 120 Å². The minimum Gasteiger partial charge on any atom is -0.0623 e. The van der Waals surface area contributed by atoms with Gasteiger partial charge in [0.25, 0.3) is 0 Å². The summed E-state index contributed by atoms with van der Waals surface area (Å²) in [5, 5.41) is 0. The topological polar surface area (TPSA) is 0 Å². The fourth-order valence-corrected chi connectivity index (χ4v) is 9.14. The van der Waals surface area contributed by atoms with Gasteiger partial charge in [0.1, 0.15) is 0 Å². The van der Waals surface area contributed by atoms with Gasteiger partial charge in [-0.2, -0.15) is 0 Å². The second-order valence-electron chi connectivity index (χ2n) is 5.82. The van der Waals surface area contributed by atoms with Gasteiger partial charge in [-0.3, -0.25) is 0 Å². The van der Waals surface area contributed by atoms with Gasteiger partial charge in [-0.25, -0.2) is 0 Å². The summed E-state index contributed by atoms with van der Waals surface area (Å²) in [6, 6.07) is 44.9. The quantitative estimate of drug-likeness (QED) is 0.474. The van der Waals surface area contributed by atoms with E-state index in [-0.39, 0.29) is 0 Å². The molecule has 0 bridgehead atoms. The van der Waals surface area contributed by atoms with Crippen molar-refractivity contribution < 1.29 is 0 Å². The van der Waals surface area contributed by atoms with Gasteiger partial charge in [-0.15, -0.1) is 0 Å². The third-order valence-corrected chi connectivity index (χ3v) is 10.7. The Bertz CT molecular complexity index is 707. The SMILES string of the molecule is c1cc[c]([Ga]([c]2ccccc2)[c]2ccccc2)cc1.c1ccccc1. The van der Waals surface area contributed by atoms with E-state index in [2.05, 4.69) is 91.0 Å². The molecule has 120 valence electrons. The third-order valence-electron chi connectivity index (χ3n) is 4.07. The summed E-state index contributed by atoms with van der Waals surface area (Å²) in [5.74, 6) is 0. The molecule has 4 aromatic rings. The fraction of sp³-hybridized carbons (Fsp3) is 0. The van der Waals surface area contributed by atoms with Gasteiger partial charge in [-0.05, 0) is 0 Å². The van der Waals surface area contributed by atoms with E-state index in [9.17, 15) is 0 Å². The molecule has 0 N–H and O–H groups in total. The average molecular weight is 379 g/mol. The molecule has 0 aliphatic carbocycles. The van der Waals surface area contributed by atoms with Crippen LogP contribution in [0.1, 0.15) is 0 Å². The average Bonchev–Trinajstić information content (AvgIpc) is 2.72. The molecule has 0 fully saturated rings. The smallest absolute Gasteiger partial charge is 0.0623 e. The Morgan fingerprint density at radius 2 is 0.480 bits per heavy atom. The van der Waals surface area contributed by atoms with Gasteiger partial charge in [0, 0.05) is 0 Å². The van der Waals surface area contributed by atoms with Crippen LogP contribution in [0.2, 0.25) is 0 Å². The number of rotatable bonds is 3. The molecule has 0 spiro atoms. The van der Waals surface area contributed by atoms with Crippen LogP contribution in [-0.2, 0) is 0 Å². The normalized spacial score (nSPS) is 9.60. The van der Waals surface area contributed by atoms with Crippen molar-refractivity contribution in [1.82, 2.24) is 0 Å². The van der Waals surface area contributed by atoms with E-state index >= 15 is 0 Å². The van der Waals surface area contributed by atoms with E-state index in [1.54, 1.807) is 0 Å². The molecular weight excluding hydrogens is 358 g/mol. The van der Waals surface area contributed by atoms with Gasteiger partial charge in [0.2, 0.25) is 0 Å². The van der Waals surface area contributed by atoms with E-state index in [4.69, 9.17) is 0 Å². The molecule has 0 radical (unpaired) electrons. The van der Waals surface area contributed by atoms with E-state index in [0.717, 1.165) is 0 Å². The van der Waals surface area contributed by atoms with Crippen LogP contribution in [0.3, 0.4) is 0 Å². The zero-order chi connectivity index (χ0) is 17.2. The molecule has 4 aromatic carbocycles. The molecule has 0 saturated carbocycles. The molecule has 0 saturated heterocycles. The Balaban J connectivity index is 0.000000258. The van der Waals surface area contributed by atoms with E-state index < -0.39 is 16.2 Å². The number of hydrogen-bond donors (Lipinski definition) is 0. The summed E-state index contributed by atoms with van der Waals surface area (Å²) in [4.78, 5) is 0. The third kappa shape index (κ3) is 5.25. The van der Waals surface area contributed by atoms with Crippen molar-refractivity contribution in [2.75, 3.05) is 0 Å². The molecule has 4 rings (SSSR count). The van der Waals surface area contributed by atoms with Crippen LogP contribution in [0.5, 0.6) is 0 Å². The predicted octanol–water partition coefficient (Wildman–Crippen LogP) is 3.89. The zero-order valence-electron chi connectivity index (χ0n) is 14.2. The predicted molar refractivity (Wildman–Crippen MR) is 110 cm³/mol. The largest absolute Gasteiger partial charge is 0.0623 e. The Kier molecular flexibility index (Phi) is 6.75. The first kappa shape index (κ1) is 17.3. The Morgan fingerprint density at radius 1 is 0.280 bits per heavy atom. The summed E-state index contributed by atoms with van der Waals surface area (Å²) in [6.07, 6.45) is 0. The summed E-state index contributed by atoms with van der Waals surface area (Å²) in [5.41, 5.74) is 0. The number of benzene rings is 4. The Morgan fingerprint density at radius 3 is 0.720 bits per heavy atom. The van der Waals surface area contributed by atoms with Crippen LogP contribution in [0, 0.1) is 0 Å². The van der Waals surface area contributed by atoms with Crippen LogP contribution in [0.25, 0.3) is 0 Å². The van der Waals surface area contributed by atoms with Crippen molar-refractivity contribution in [3.63, 3.8) is 0 Å². The Hall–Kier alpha value is -2.48. The molecular formula is C24H21Ga. The molecule has 25 heavy (non-hydrogen) atoms. The van der Waals surface area contributed by atoms with Crippen molar-refractivity contribution in [2.24, 2.45) is 0 Å². The van der Waals surface area contributed by atoms with Crippen LogP contribution >= 0.6 is 0 Å². The maximum atomic E-state index is 2.28. The van der Waals surface area contributed by atoms with Crippen LogP contribution in [0.15, 0.2) is 127 Å². The van der Waals surface area contributed by atoms with Gasteiger partial charge in [0.05, 0.1) is 0 Å². The second kappa shape index (κ2) is 9.73. The first-order valence-electron chi connectivity index (χ1n) is 8.60. The van der Waals surface area contributed by atoms with Crippen molar-refractivity contribution >= 4 is 28.6 Å². The summed E-state index contributed by atoms with van der Waals surface area (Å²) in [7, 11) is 0. The summed E-state index contributed by atoms with van der Waals surface area (Å²) in [6.45, 7) is 0. The van der Waals surface area contributed by atoms with Gasteiger partial charge < -0.3 is 0 Å². The van der Waals surface area contributed by atoms with Crippen molar-refractivity contribution in [3.05, 3.63) is 127 Å². The maximum absolute atomic E-state index is 2.28. The molecule has 0 heterocycles. The number of hydrogen-bond acceptors (Lipinski definition) is 0. The summed E-state index contributed by atoms with van der Waals surface area (Å²) < 4.78 is 4.56. The van der Waals surface area contributed by atoms with Crippen molar-refractivity contribution in [3.8, 4) is 0 Å². The van der Waals surface area contributed by atoms with Crippen LogP contribution in [-0.4, -0.2) is 16.2 Å². The minimum atomic E-state index is -1.87. The molecule has 0 amide bonds. The molecule has 0 unspecified atom stereocenters. The van der Waals surface area contributed by atoms with Crippen LogP contribution in [0.4, 0.5) is 0 Å². The molecule has 0 aliphatic rings. The molecule has 0 atom stereocenters. The monoisotopic (exact) mass is 378 g/mol. The van der Waals surface area contributed by atoms with E-state index in [1.165, 1.54) is 12.4 Å². The molecule has 0 aromatic heterocycles. The van der Waals surface area contributed by atoms with Crippen LogP contribution < -0.4 is 12.4 Å². The zero-order valence-corrected chi connectivity index (χ0v) is 16.6. The van der Waals surface area contributed by atoms with E-state index in [0.29, 0.717) is 0 Å². The molecule has 1 heteroatoms. The second-order valence-corrected chi connectivity index (χ2v) is 11.8. The summed E-state index contributed by atoms with van der Waals surface area (Å²) >= 11 is -1.87.